The summed E-state index contributed by atoms with van der Waals surface area (Å²) in [4.78, 5) is 0. The molecule has 2 saturated carbocycles. The summed E-state index contributed by atoms with van der Waals surface area (Å²) in [7, 11) is 0. The highest BCUT2D eigenvalue weighted by Crippen LogP contribution is 2.56. The van der Waals surface area contributed by atoms with Gasteiger partial charge >= 0.3 is 0 Å². The molecular formula is C20H38O2. The zero-order chi connectivity index (χ0) is 16.4. The molecule has 0 aromatic carbocycles. The van der Waals surface area contributed by atoms with E-state index in [2.05, 4.69) is 27.7 Å². The first-order valence-corrected chi connectivity index (χ1v) is 9.54. The molecule has 0 radical (unpaired) electrons. The van der Waals surface area contributed by atoms with Gasteiger partial charge in [0, 0.05) is 13.2 Å². The van der Waals surface area contributed by atoms with E-state index in [9.17, 15) is 10.2 Å². The molecule has 0 aromatic rings. The zero-order valence-electron chi connectivity index (χ0n) is 15.3. The van der Waals surface area contributed by atoms with Gasteiger partial charge in [0.05, 0.1) is 0 Å². The molecule has 2 heteroatoms. The third-order valence-corrected chi connectivity index (χ3v) is 7.91. The molecule has 2 aliphatic rings. The Morgan fingerprint density at radius 1 is 0.591 bits per heavy atom. The largest absolute Gasteiger partial charge is 0.396 e. The molecule has 0 saturated heterocycles. The predicted molar refractivity (Wildman–Crippen MR) is 92.6 cm³/mol. The Kier molecular flexibility index (Phi) is 5.99. The fraction of sp³-hybridized carbons (Fsp3) is 1.00. The summed E-state index contributed by atoms with van der Waals surface area (Å²) in [5.74, 6) is 2.69. The van der Waals surface area contributed by atoms with E-state index in [4.69, 9.17) is 0 Å². The lowest BCUT2D eigenvalue weighted by Crippen LogP contribution is -2.46. The normalized spacial score (nSPS) is 34.6. The Morgan fingerprint density at radius 3 is 1.09 bits per heavy atom. The lowest BCUT2D eigenvalue weighted by molar-refractivity contribution is -0.0505. The molecule has 0 heterocycles. The number of rotatable bonds is 5. The average molecular weight is 311 g/mol. The Hall–Kier alpha value is -0.0800. The molecule has 0 bridgehead atoms. The summed E-state index contributed by atoms with van der Waals surface area (Å²) in [6.07, 6.45) is 9.97. The molecule has 2 aliphatic carbocycles. The van der Waals surface area contributed by atoms with Crippen LogP contribution < -0.4 is 0 Å². The molecule has 22 heavy (non-hydrogen) atoms. The van der Waals surface area contributed by atoms with Crippen LogP contribution in [0.1, 0.15) is 79.1 Å². The van der Waals surface area contributed by atoms with Gasteiger partial charge in [-0.05, 0) is 85.9 Å². The van der Waals surface area contributed by atoms with Crippen LogP contribution in [0.15, 0.2) is 0 Å². The van der Waals surface area contributed by atoms with Crippen LogP contribution in [0.4, 0.5) is 0 Å². The second-order valence-corrected chi connectivity index (χ2v) is 9.24. The van der Waals surface area contributed by atoms with E-state index in [1.165, 1.54) is 51.4 Å². The Morgan fingerprint density at radius 2 is 0.864 bits per heavy atom. The van der Waals surface area contributed by atoms with Gasteiger partial charge in [0.15, 0.2) is 0 Å². The Balaban J connectivity index is 2.00. The number of aliphatic hydroxyl groups is 2. The van der Waals surface area contributed by atoms with Gasteiger partial charge in [-0.2, -0.15) is 0 Å². The molecule has 0 aliphatic heterocycles. The molecule has 2 N–H and O–H groups in total. The van der Waals surface area contributed by atoms with Crippen LogP contribution in [0.3, 0.4) is 0 Å². The van der Waals surface area contributed by atoms with Crippen molar-refractivity contribution < 1.29 is 10.2 Å². The van der Waals surface area contributed by atoms with Gasteiger partial charge in [0.1, 0.15) is 0 Å². The van der Waals surface area contributed by atoms with Crippen molar-refractivity contribution in [1.82, 2.24) is 0 Å². The fourth-order valence-corrected chi connectivity index (χ4v) is 5.19. The third kappa shape index (κ3) is 3.53. The van der Waals surface area contributed by atoms with Crippen molar-refractivity contribution in [2.24, 2.45) is 34.5 Å². The summed E-state index contributed by atoms with van der Waals surface area (Å²) in [6, 6.07) is 0. The van der Waals surface area contributed by atoms with Crippen LogP contribution in [-0.4, -0.2) is 23.4 Å². The van der Waals surface area contributed by atoms with Crippen molar-refractivity contribution in [2.45, 2.75) is 79.1 Å². The first kappa shape index (κ1) is 18.3. The lowest BCUT2D eigenvalue weighted by Gasteiger charge is -2.54. The van der Waals surface area contributed by atoms with Gasteiger partial charge in [0.25, 0.3) is 0 Å². The second kappa shape index (κ2) is 7.21. The number of hydrogen-bond acceptors (Lipinski definition) is 2. The quantitative estimate of drug-likeness (QED) is 0.777. The van der Waals surface area contributed by atoms with Gasteiger partial charge in [-0.25, -0.2) is 0 Å². The van der Waals surface area contributed by atoms with Gasteiger partial charge in [-0.15, -0.1) is 0 Å². The summed E-state index contributed by atoms with van der Waals surface area (Å²) in [5, 5.41) is 18.7. The maximum atomic E-state index is 9.37. The maximum absolute atomic E-state index is 9.37. The van der Waals surface area contributed by atoms with Gasteiger partial charge in [-0.3, -0.25) is 0 Å². The second-order valence-electron chi connectivity index (χ2n) is 9.24. The molecular weight excluding hydrogens is 272 g/mol. The van der Waals surface area contributed by atoms with E-state index in [-0.39, 0.29) is 0 Å². The van der Waals surface area contributed by atoms with E-state index in [1.807, 2.05) is 0 Å². The third-order valence-electron chi connectivity index (χ3n) is 7.91. The highest BCUT2D eigenvalue weighted by atomic mass is 16.3. The van der Waals surface area contributed by atoms with E-state index >= 15 is 0 Å². The number of aliphatic hydroxyl groups excluding tert-OH is 2. The predicted octanol–water partition coefficient (Wildman–Crippen LogP) is 4.64. The van der Waals surface area contributed by atoms with Crippen molar-refractivity contribution in [3.8, 4) is 0 Å². The Labute approximate surface area is 137 Å². The van der Waals surface area contributed by atoms with E-state index in [0.717, 1.165) is 11.8 Å². The maximum Gasteiger partial charge on any atom is 0.0459 e. The molecule has 0 atom stereocenters. The van der Waals surface area contributed by atoms with Crippen molar-refractivity contribution >= 4 is 0 Å². The van der Waals surface area contributed by atoms with Crippen LogP contribution in [-0.2, 0) is 0 Å². The molecule has 2 rings (SSSR count). The Bertz CT molecular complexity index is 298. The minimum atomic E-state index is 0.351. The van der Waals surface area contributed by atoms with Crippen LogP contribution >= 0.6 is 0 Å². The summed E-state index contributed by atoms with van der Waals surface area (Å²) in [6.45, 7) is 10.7. The fourth-order valence-electron chi connectivity index (χ4n) is 5.19. The standard InChI is InChI=1S/C20H38O2/c1-19(2,17-9-5-15(13-21)6-10-17)20(3,4)18-11-7-16(14-22)8-12-18/h15-18,21-22H,5-14H2,1-4H3. The van der Waals surface area contributed by atoms with E-state index in [1.54, 1.807) is 0 Å². The molecule has 2 fully saturated rings. The zero-order valence-corrected chi connectivity index (χ0v) is 15.3. The summed E-state index contributed by atoms with van der Waals surface area (Å²) < 4.78 is 0. The monoisotopic (exact) mass is 310 g/mol. The van der Waals surface area contributed by atoms with Crippen LogP contribution in [0.25, 0.3) is 0 Å². The first-order chi connectivity index (χ1) is 10.3. The van der Waals surface area contributed by atoms with E-state index in [0.29, 0.717) is 35.9 Å². The molecule has 0 aromatic heterocycles. The molecule has 130 valence electrons. The number of hydrogen-bond donors (Lipinski definition) is 2. The van der Waals surface area contributed by atoms with Crippen LogP contribution in [0, 0.1) is 34.5 Å². The summed E-state index contributed by atoms with van der Waals surface area (Å²) >= 11 is 0. The van der Waals surface area contributed by atoms with E-state index < -0.39 is 0 Å². The van der Waals surface area contributed by atoms with Gasteiger partial charge < -0.3 is 10.2 Å². The van der Waals surface area contributed by atoms with Crippen molar-refractivity contribution in [3.63, 3.8) is 0 Å². The van der Waals surface area contributed by atoms with Crippen molar-refractivity contribution in [2.75, 3.05) is 13.2 Å². The minimum absolute atomic E-state index is 0.351. The molecule has 2 nitrogen and oxygen atoms in total. The highest BCUT2D eigenvalue weighted by Gasteiger charge is 2.48. The lowest BCUT2D eigenvalue weighted by atomic mass is 9.51. The molecule has 0 amide bonds. The first-order valence-electron chi connectivity index (χ1n) is 9.54. The van der Waals surface area contributed by atoms with Crippen molar-refractivity contribution in [3.05, 3.63) is 0 Å². The molecule has 0 spiro atoms. The van der Waals surface area contributed by atoms with Gasteiger partial charge in [0.2, 0.25) is 0 Å². The topological polar surface area (TPSA) is 40.5 Å². The summed E-state index contributed by atoms with van der Waals surface area (Å²) in [5.41, 5.74) is 0.703. The van der Waals surface area contributed by atoms with Gasteiger partial charge in [-0.1, -0.05) is 27.7 Å². The molecule has 0 unspecified atom stereocenters. The van der Waals surface area contributed by atoms with Crippen LogP contribution in [0.5, 0.6) is 0 Å². The van der Waals surface area contributed by atoms with Crippen molar-refractivity contribution in [1.29, 1.82) is 0 Å². The van der Waals surface area contributed by atoms with Crippen LogP contribution in [0.2, 0.25) is 0 Å². The highest BCUT2D eigenvalue weighted by molar-refractivity contribution is 4.97. The smallest absolute Gasteiger partial charge is 0.0459 e. The minimum Gasteiger partial charge on any atom is -0.396 e. The SMILES string of the molecule is CC(C)(C1CCC(CO)CC1)C(C)(C)C1CCC(CO)CC1. The average Bonchev–Trinajstić information content (AvgIpc) is 2.54.